The molecule has 6 nitrogen and oxygen atoms in total. The van der Waals surface area contributed by atoms with Gasteiger partial charge in [-0.25, -0.2) is 5.01 Å². The van der Waals surface area contributed by atoms with Crippen LogP contribution in [-0.4, -0.2) is 16.7 Å². The number of allylic oxidation sites excluding steroid dienone is 3. The molecule has 0 spiro atoms. The number of ketones is 1. The van der Waals surface area contributed by atoms with E-state index in [1.165, 1.54) is 10.6 Å². The fraction of sp³-hybridized carbons (Fsp3) is 0.269. The second-order valence-electron chi connectivity index (χ2n) is 8.22. The van der Waals surface area contributed by atoms with E-state index in [9.17, 15) is 14.9 Å². The topological polar surface area (TPSA) is 99.2 Å². The Morgan fingerprint density at radius 3 is 2.47 bits per heavy atom. The Hall–Kier alpha value is -3.85. The molecular weight excluding hydrogens is 400 g/mol. The number of nitrogens with zero attached hydrogens (tertiary/aromatic N) is 2. The Morgan fingerprint density at radius 1 is 1.16 bits per heavy atom. The third-order valence-corrected chi connectivity index (χ3v) is 6.16. The van der Waals surface area contributed by atoms with Gasteiger partial charge in [0.25, 0.3) is 5.91 Å². The average molecular weight is 427 g/mol. The van der Waals surface area contributed by atoms with Crippen molar-refractivity contribution < 1.29 is 9.59 Å². The van der Waals surface area contributed by atoms with Crippen LogP contribution in [0.5, 0.6) is 0 Å². The lowest BCUT2D eigenvalue weighted by Crippen LogP contribution is -2.48. The highest BCUT2D eigenvalue weighted by atomic mass is 16.2. The van der Waals surface area contributed by atoms with E-state index in [0.29, 0.717) is 36.1 Å². The van der Waals surface area contributed by atoms with E-state index >= 15 is 0 Å². The van der Waals surface area contributed by atoms with Crippen molar-refractivity contribution in [2.24, 2.45) is 5.73 Å². The van der Waals surface area contributed by atoms with Crippen molar-refractivity contribution >= 4 is 11.7 Å². The first kappa shape index (κ1) is 21.4. The number of carbonyl (C=O) groups excluding carboxylic acids is 2. The van der Waals surface area contributed by atoms with Crippen LogP contribution in [0.4, 0.5) is 0 Å². The number of nitriles is 1. The highest BCUT2D eigenvalue weighted by Crippen LogP contribution is 2.44. The first-order chi connectivity index (χ1) is 15.4. The van der Waals surface area contributed by atoms with E-state index in [1.807, 2.05) is 43.3 Å². The molecule has 0 fully saturated rings. The van der Waals surface area contributed by atoms with Crippen LogP contribution in [-0.2, 0) is 11.2 Å². The van der Waals surface area contributed by atoms with Gasteiger partial charge in [-0.2, -0.15) is 5.26 Å². The van der Waals surface area contributed by atoms with E-state index < -0.39 is 5.92 Å². The Balaban J connectivity index is 1.78. The minimum absolute atomic E-state index is 0.00865. The molecule has 6 heteroatoms. The largest absolute Gasteiger partial charge is 0.383 e. The molecule has 1 unspecified atom stereocenters. The van der Waals surface area contributed by atoms with Gasteiger partial charge in [-0.15, -0.1) is 0 Å². The predicted octanol–water partition coefficient (Wildman–Crippen LogP) is 4.00. The van der Waals surface area contributed by atoms with Gasteiger partial charge in [0.1, 0.15) is 5.82 Å². The number of rotatable bonds is 4. The average Bonchev–Trinajstić information content (AvgIpc) is 2.81. The SMILES string of the molecule is CCc1ccc(C2C(C#N)=C(N)N(NC(=O)c3ccc(C)cc3)C3=C2C(=O)CCC3)cc1. The van der Waals surface area contributed by atoms with Crippen LogP contribution in [0.1, 0.15) is 59.2 Å². The van der Waals surface area contributed by atoms with Gasteiger partial charge in [0.05, 0.1) is 17.6 Å². The summed E-state index contributed by atoms with van der Waals surface area (Å²) in [4.78, 5) is 26.0. The molecule has 1 aliphatic carbocycles. The van der Waals surface area contributed by atoms with Crippen molar-refractivity contribution in [3.63, 3.8) is 0 Å². The van der Waals surface area contributed by atoms with Crippen molar-refractivity contribution in [2.75, 3.05) is 0 Å². The van der Waals surface area contributed by atoms with Crippen LogP contribution < -0.4 is 11.2 Å². The summed E-state index contributed by atoms with van der Waals surface area (Å²) in [6.07, 6.45) is 2.59. The molecule has 2 aliphatic rings. The number of hydrogen-bond acceptors (Lipinski definition) is 5. The number of amides is 1. The minimum Gasteiger partial charge on any atom is -0.383 e. The highest BCUT2D eigenvalue weighted by molar-refractivity contribution is 6.00. The first-order valence-corrected chi connectivity index (χ1v) is 10.9. The molecule has 1 heterocycles. The molecule has 0 bridgehead atoms. The molecule has 0 radical (unpaired) electrons. The molecule has 0 saturated carbocycles. The summed E-state index contributed by atoms with van der Waals surface area (Å²) in [5.74, 6) is -0.723. The number of nitrogens with one attached hydrogen (secondary N) is 1. The Morgan fingerprint density at radius 2 is 1.84 bits per heavy atom. The van der Waals surface area contributed by atoms with Gasteiger partial charge in [0.15, 0.2) is 5.78 Å². The standard InChI is InChI=1S/C26H26N4O2/c1-3-17-9-13-18(14-10-17)23-20(15-27)25(28)30(21-5-4-6-22(31)24(21)23)29-26(32)19-11-7-16(2)8-12-19/h7-14,23H,3-6,28H2,1-2H3,(H,29,32). The second kappa shape index (κ2) is 8.72. The number of hydrogen-bond donors (Lipinski definition) is 2. The lowest BCUT2D eigenvalue weighted by molar-refractivity contribution is -0.116. The molecule has 2 aromatic rings. The molecule has 4 rings (SSSR count). The van der Waals surface area contributed by atoms with Crippen LogP contribution >= 0.6 is 0 Å². The molecule has 1 atom stereocenters. The predicted molar refractivity (Wildman–Crippen MR) is 122 cm³/mol. The maximum Gasteiger partial charge on any atom is 0.270 e. The van der Waals surface area contributed by atoms with E-state index in [0.717, 1.165) is 17.5 Å². The second-order valence-corrected chi connectivity index (χ2v) is 8.22. The van der Waals surface area contributed by atoms with Crippen LogP contribution in [0.2, 0.25) is 0 Å². The summed E-state index contributed by atoms with van der Waals surface area (Å²) in [6, 6.07) is 17.3. The molecule has 162 valence electrons. The van der Waals surface area contributed by atoms with Crippen molar-refractivity contribution in [3.8, 4) is 6.07 Å². The molecule has 0 aromatic heterocycles. The zero-order chi connectivity index (χ0) is 22.8. The fourth-order valence-electron chi connectivity index (χ4n) is 4.36. The van der Waals surface area contributed by atoms with Gasteiger partial charge >= 0.3 is 0 Å². The van der Waals surface area contributed by atoms with Crippen molar-refractivity contribution in [1.82, 2.24) is 10.4 Å². The summed E-state index contributed by atoms with van der Waals surface area (Å²) in [5, 5.41) is 11.5. The van der Waals surface area contributed by atoms with Crippen LogP contribution in [0, 0.1) is 18.3 Å². The van der Waals surface area contributed by atoms with E-state index in [4.69, 9.17) is 5.73 Å². The summed E-state index contributed by atoms with van der Waals surface area (Å²) >= 11 is 0. The smallest absolute Gasteiger partial charge is 0.270 e. The molecule has 3 N–H and O–H groups in total. The maximum atomic E-state index is 13.1. The lowest BCUT2D eigenvalue weighted by Gasteiger charge is -2.39. The third-order valence-electron chi connectivity index (χ3n) is 6.16. The molecule has 1 aliphatic heterocycles. The van der Waals surface area contributed by atoms with Gasteiger partial charge in [0.2, 0.25) is 0 Å². The zero-order valence-electron chi connectivity index (χ0n) is 18.3. The van der Waals surface area contributed by atoms with Crippen molar-refractivity contribution in [3.05, 3.63) is 93.4 Å². The normalized spacial score (nSPS) is 18.3. The molecule has 1 amide bonds. The molecule has 2 aromatic carbocycles. The number of aryl methyl sites for hydroxylation is 2. The fourth-order valence-corrected chi connectivity index (χ4v) is 4.36. The van der Waals surface area contributed by atoms with E-state index in [-0.39, 0.29) is 23.1 Å². The van der Waals surface area contributed by atoms with Gasteiger partial charge < -0.3 is 5.73 Å². The van der Waals surface area contributed by atoms with Crippen molar-refractivity contribution in [1.29, 1.82) is 5.26 Å². The quantitative estimate of drug-likeness (QED) is 0.770. The number of Topliss-reactive ketones (excluding diaryl/α,β-unsaturated/α-hetero) is 1. The van der Waals surface area contributed by atoms with Gasteiger partial charge in [-0.05, 0) is 49.4 Å². The monoisotopic (exact) mass is 426 g/mol. The third kappa shape index (κ3) is 3.78. The minimum atomic E-state index is -0.527. The molecular formula is C26H26N4O2. The zero-order valence-corrected chi connectivity index (χ0v) is 18.3. The Kier molecular flexibility index (Phi) is 5.83. The van der Waals surface area contributed by atoms with Crippen molar-refractivity contribution in [2.45, 2.75) is 45.4 Å². The summed E-state index contributed by atoms with van der Waals surface area (Å²) in [7, 11) is 0. The number of hydrazine groups is 1. The first-order valence-electron chi connectivity index (χ1n) is 10.9. The number of benzene rings is 2. The van der Waals surface area contributed by atoms with E-state index in [1.54, 1.807) is 12.1 Å². The van der Waals surface area contributed by atoms with Gasteiger partial charge in [-0.1, -0.05) is 48.9 Å². The Labute approximate surface area is 188 Å². The summed E-state index contributed by atoms with van der Waals surface area (Å²) < 4.78 is 0. The number of carbonyl (C=O) groups is 2. The highest BCUT2D eigenvalue weighted by Gasteiger charge is 2.40. The number of nitrogens with two attached hydrogens (primary N) is 1. The summed E-state index contributed by atoms with van der Waals surface area (Å²) in [5.41, 5.74) is 14.3. The van der Waals surface area contributed by atoms with E-state index in [2.05, 4.69) is 18.4 Å². The molecule has 0 saturated heterocycles. The van der Waals surface area contributed by atoms with Crippen LogP contribution in [0.3, 0.4) is 0 Å². The van der Waals surface area contributed by atoms with Gasteiger partial charge in [0, 0.05) is 23.3 Å². The summed E-state index contributed by atoms with van der Waals surface area (Å²) in [6.45, 7) is 4.03. The van der Waals surface area contributed by atoms with Gasteiger partial charge in [-0.3, -0.25) is 15.0 Å². The Bertz CT molecular complexity index is 1170. The maximum absolute atomic E-state index is 13.1. The molecule has 32 heavy (non-hydrogen) atoms. The lowest BCUT2D eigenvalue weighted by atomic mass is 9.76. The van der Waals surface area contributed by atoms with Crippen LogP contribution in [0.25, 0.3) is 0 Å². The van der Waals surface area contributed by atoms with Crippen LogP contribution in [0.15, 0.2) is 71.2 Å².